The SMILES string of the molecule is Cc1[nH]cnc1CN1C[C@H]2[C@@H](COc3cccc(C#N)c3)CO[C@H]2C1. The van der Waals surface area contributed by atoms with Crippen LogP contribution >= 0.6 is 0 Å². The molecular weight excluding hydrogens is 316 g/mol. The largest absolute Gasteiger partial charge is 0.493 e. The summed E-state index contributed by atoms with van der Waals surface area (Å²) < 4.78 is 11.9. The number of nitrogens with zero attached hydrogens (tertiary/aromatic N) is 3. The predicted octanol–water partition coefficient (Wildman–Crippen LogP) is 2.12. The Kier molecular flexibility index (Phi) is 4.43. The number of ether oxygens (including phenoxy) is 2. The maximum Gasteiger partial charge on any atom is 0.120 e. The van der Waals surface area contributed by atoms with E-state index in [0.29, 0.717) is 30.1 Å². The second-order valence-electron chi connectivity index (χ2n) is 6.91. The quantitative estimate of drug-likeness (QED) is 0.904. The number of nitrogens with one attached hydrogen (secondary N) is 1. The molecule has 6 heteroatoms. The monoisotopic (exact) mass is 338 g/mol. The number of H-pyrrole nitrogens is 1. The zero-order valence-electron chi connectivity index (χ0n) is 14.3. The number of fused-ring (bicyclic) bond motifs is 1. The van der Waals surface area contributed by atoms with Gasteiger partial charge in [-0.1, -0.05) is 6.07 Å². The molecule has 0 bridgehead atoms. The van der Waals surface area contributed by atoms with Crippen LogP contribution in [0.1, 0.15) is 17.0 Å². The summed E-state index contributed by atoms with van der Waals surface area (Å²) in [5.74, 6) is 1.64. The van der Waals surface area contributed by atoms with Gasteiger partial charge in [0, 0.05) is 37.2 Å². The highest BCUT2D eigenvalue weighted by molar-refractivity contribution is 5.36. The van der Waals surface area contributed by atoms with Gasteiger partial charge in [0.05, 0.1) is 43.0 Å². The van der Waals surface area contributed by atoms with Crippen molar-refractivity contribution in [1.82, 2.24) is 14.9 Å². The van der Waals surface area contributed by atoms with E-state index >= 15 is 0 Å². The van der Waals surface area contributed by atoms with Gasteiger partial charge in [0.2, 0.25) is 0 Å². The number of hydrogen-bond acceptors (Lipinski definition) is 5. The third kappa shape index (κ3) is 3.39. The minimum Gasteiger partial charge on any atom is -0.493 e. The van der Waals surface area contributed by atoms with E-state index in [1.54, 1.807) is 18.5 Å². The van der Waals surface area contributed by atoms with Crippen molar-refractivity contribution >= 4 is 0 Å². The molecule has 6 nitrogen and oxygen atoms in total. The number of nitriles is 1. The normalized spacial score (nSPS) is 25.7. The Balaban J connectivity index is 1.34. The van der Waals surface area contributed by atoms with E-state index in [-0.39, 0.29) is 0 Å². The van der Waals surface area contributed by atoms with Crippen molar-refractivity contribution in [3.8, 4) is 11.8 Å². The molecule has 0 amide bonds. The number of imidazole rings is 1. The van der Waals surface area contributed by atoms with E-state index in [2.05, 4.69) is 27.9 Å². The summed E-state index contributed by atoms with van der Waals surface area (Å²) in [6.45, 7) is 6.28. The van der Waals surface area contributed by atoms with Gasteiger partial charge in [-0.05, 0) is 25.1 Å². The van der Waals surface area contributed by atoms with Crippen LogP contribution in [0, 0.1) is 30.1 Å². The Hall–Kier alpha value is -2.36. The van der Waals surface area contributed by atoms with Gasteiger partial charge in [0.15, 0.2) is 0 Å². The molecule has 1 aromatic carbocycles. The average Bonchev–Trinajstić information content (AvgIpc) is 3.31. The summed E-state index contributed by atoms with van der Waals surface area (Å²) in [6.07, 6.45) is 2.04. The molecule has 25 heavy (non-hydrogen) atoms. The molecule has 0 aliphatic carbocycles. The van der Waals surface area contributed by atoms with Crippen molar-refractivity contribution < 1.29 is 9.47 Å². The average molecular weight is 338 g/mol. The molecule has 0 spiro atoms. The summed E-state index contributed by atoms with van der Waals surface area (Å²) in [7, 11) is 0. The van der Waals surface area contributed by atoms with E-state index in [4.69, 9.17) is 14.7 Å². The molecular formula is C19H22N4O2. The third-order valence-corrected chi connectivity index (χ3v) is 5.25. The molecule has 2 aliphatic heterocycles. The summed E-state index contributed by atoms with van der Waals surface area (Å²) in [5.41, 5.74) is 2.87. The molecule has 4 rings (SSSR count). The first-order chi connectivity index (χ1) is 12.2. The van der Waals surface area contributed by atoms with Gasteiger partial charge < -0.3 is 14.5 Å². The Bertz CT molecular complexity index is 782. The van der Waals surface area contributed by atoms with Crippen molar-refractivity contribution in [2.45, 2.75) is 19.6 Å². The van der Waals surface area contributed by atoms with Gasteiger partial charge in [-0.25, -0.2) is 4.98 Å². The lowest BCUT2D eigenvalue weighted by Gasteiger charge is -2.19. The van der Waals surface area contributed by atoms with Crippen LogP contribution in [0.4, 0.5) is 0 Å². The van der Waals surface area contributed by atoms with E-state index in [1.165, 1.54) is 0 Å². The molecule has 2 aromatic rings. The van der Waals surface area contributed by atoms with Crippen molar-refractivity contribution in [3.63, 3.8) is 0 Å². The van der Waals surface area contributed by atoms with E-state index in [1.807, 2.05) is 12.1 Å². The zero-order valence-corrected chi connectivity index (χ0v) is 14.3. The number of benzene rings is 1. The second-order valence-corrected chi connectivity index (χ2v) is 6.91. The van der Waals surface area contributed by atoms with Crippen LogP contribution in [-0.4, -0.2) is 47.3 Å². The molecule has 2 aliphatic rings. The maximum absolute atomic E-state index is 8.98. The highest BCUT2D eigenvalue weighted by Crippen LogP contribution is 2.34. The van der Waals surface area contributed by atoms with E-state index < -0.39 is 0 Å². The summed E-state index contributed by atoms with van der Waals surface area (Å²) >= 11 is 0. The lowest BCUT2D eigenvalue weighted by molar-refractivity contribution is 0.0895. The van der Waals surface area contributed by atoms with Gasteiger partial charge in [0.1, 0.15) is 5.75 Å². The topological polar surface area (TPSA) is 74.2 Å². The zero-order chi connectivity index (χ0) is 17.2. The van der Waals surface area contributed by atoms with Crippen LogP contribution in [0.25, 0.3) is 0 Å². The number of rotatable bonds is 5. The van der Waals surface area contributed by atoms with Crippen LogP contribution in [-0.2, 0) is 11.3 Å². The standard InChI is InChI=1S/C19H22N4O2/c1-13-18(22-12-21-13)8-23-7-17-15(11-25-19(17)9-23)10-24-16-4-2-3-14(5-16)6-20/h2-5,12,15,17,19H,7-11H2,1H3,(H,21,22)/t15-,17-,19-/m0/s1. The molecule has 0 radical (unpaired) electrons. The van der Waals surface area contributed by atoms with Crippen molar-refractivity contribution in [2.75, 3.05) is 26.3 Å². The Labute approximate surface area is 147 Å². The summed E-state index contributed by atoms with van der Waals surface area (Å²) in [5, 5.41) is 8.98. The van der Waals surface area contributed by atoms with Crippen molar-refractivity contribution in [1.29, 1.82) is 5.26 Å². The lowest BCUT2D eigenvalue weighted by Crippen LogP contribution is -2.26. The van der Waals surface area contributed by atoms with Gasteiger partial charge >= 0.3 is 0 Å². The first kappa shape index (κ1) is 16.1. The molecule has 2 fully saturated rings. The molecule has 3 heterocycles. The van der Waals surface area contributed by atoms with Crippen molar-refractivity contribution in [3.05, 3.63) is 47.5 Å². The second kappa shape index (κ2) is 6.87. The molecule has 1 aromatic heterocycles. The van der Waals surface area contributed by atoms with Gasteiger partial charge in [-0.2, -0.15) is 5.26 Å². The summed E-state index contributed by atoms with van der Waals surface area (Å²) in [6, 6.07) is 9.47. The van der Waals surface area contributed by atoms with E-state index in [0.717, 1.165) is 43.4 Å². The van der Waals surface area contributed by atoms with Crippen LogP contribution in [0.15, 0.2) is 30.6 Å². The highest BCUT2D eigenvalue weighted by atomic mass is 16.5. The molecule has 0 unspecified atom stereocenters. The number of hydrogen-bond donors (Lipinski definition) is 1. The molecule has 2 saturated heterocycles. The fraction of sp³-hybridized carbons (Fsp3) is 0.474. The molecule has 3 atom stereocenters. The number of likely N-dealkylation sites (tertiary alicyclic amines) is 1. The van der Waals surface area contributed by atoms with Gasteiger partial charge in [0.25, 0.3) is 0 Å². The van der Waals surface area contributed by atoms with Crippen LogP contribution in [0.5, 0.6) is 5.75 Å². The fourth-order valence-electron chi connectivity index (χ4n) is 3.80. The van der Waals surface area contributed by atoms with Crippen LogP contribution < -0.4 is 4.74 Å². The first-order valence-corrected chi connectivity index (χ1v) is 8.68. The summed E-state index contributed by atoms with van der Waals surface area (Å²) in [4.78, 5) is 9.95. The van der Waals surface area contributed by atoms with Crippen LogP contribution in [0.2, 0.25) is 0 Å². The number of aromatic amines is 1. The highest BCUT2D eigenvalue weighted by Gasteiger charge is 2.44. The van der Waals surface area contributed by atoms with Crippen molar-refractivity contribution in [2.24, 2.45) is 11.8 Å². The fourth-order valence-corrected chi connectivity index (χ4v) is 3.80. The number of aromatic nitrogens is 2. The number of aryl methyl sites for hydroxylation is 1. The third-order valence-electron chi connectivity index (χ3n) is 5.25. The Morgan fingerprint density at radius 2 is 2.36 bits per heavy atom. The van der Waals surface area contributed by atoms with Gasteiger partial charge in [-0.3, -0.25) is 4.90 Å². The molecule has 1 N–H and O–H groups in total. The first-order valence-electron chi connectivity index (χ1n) is 8.68. The van der Waals surface area contributed by atoms with E-state index in [9.17, 15) is 0 Å². The van der Waals surface area contributed by atoms with Crippen LogP contribution in [0.3, 0.4) is 0 Å². The maximum atomic E-state index is 8.98. The minimum absolute atomic E-state index is 0.290. The smallest absolute Gasteiger partial charge is 0.120 e. The minimum atomic E-state index is 0.290. The molecule has 0 saturated carbocycles. The predicted molar refractivity (Wildman–Crippen MR) is 92.0 cm³/mol. The Morgan fingerprint density at radius 1 is 1.44 bits per heavy atom. The van der Waals surface area contributed by atoms with Gasteiger partial charge in [-0.15, -0.1) is 0 Å². The molecule has 130 valence electrons. The lowest BCUT2D eigenvalue weighted by atomic mass is 9.94. The Morgan fingerprint density at radius 3 is 3.16 bits per heavy atom.